The van der Waals surface area contributed by atoms with Gasteiger partial charge in [-0.1, -0.05) is 93.2 Å². The van der Waals surface area contributed by atoms with Crippen LogP contribution >= 0.6 is 0 Å². The Hall–Kier alpha value is -3.81. The van der Waals surface area contributed by atoms with Gasteiger partial charge in [0.2, 0.25) is 0 Å². The van der Waals surface area contributed by atoms with Gasteiger partial charge >= 0.3 is 0 Å². The maximum Gasteiger partial charge on any atom is 0.146 e. The Labute approximate surface area is 209 Å². The third-order valence-corrected chi connectivity index (χ3v) is 6.28. The van der Waals surface area contributed by atoms with Crippen molar-refractivity contribution in [3.05, 3.63) is 118 Å². The standard InChI is InChI=1S/C34H31F/c1-3-5-6-7-8-27-13-15-28(16-14-27)17-18-30-20-24-33-32(25-30)23-22-31(34(33)35)21-19-29-11-9-26(4-2)10-12-29/h9-16,20,22-25H,3-8H2,1-2H3. The molecule has 0 nitrogen and oxygen atoms in total. The second kappa shape index (κ2) is 12.1. The number of hydrogen-bond acceptors (Lipinski definition) is 0. The number of halogens is 1. The second-order valence-electron chi connectivity index (χ2n) is 8.92. The summed E-state index contributed by atoms with van der Waals surface area (Å²) in [6.45, 7) is 4.36. The van der Waals surface area contributed by atoms with Crippen molar-refractivity contribution in [1.82, 2.24) is 0 Å². The molecule has 174 valence electrons. The maximum atomic E-state index is 15.1. The summed E-state index contributed by atoms with van der Waals surface area (Å²) in [7, 11) is 0. The highest BCUT2D eigenvalue weighted by Crippen LogP contribution is 2.22. The molecule has 1 heteroatoms. The Kier molecular flexibility index (Phi) is 8.38. The van der Waals surface area contributed by atoms with E-state index in [0.717, 1.165) is 34.9 Å². The molecule has 0 amide bonds. The molecule has 0 saturated heterocycles. The number of unbranched alkanes of at least 4 members (excludes halogenated alkanes) is 3. The van der Waals surface area contributed by atoms with E-state index in [0.29, 0.717) is 10.9 Å². The Balaban J connectivity index is 1.47. The Morgan fingerprint density at radius 2 is 1.23 bits per heavy atom. The summed E-state index contributed by atoms with van der Waals surface area (Å²) in [6.07, 6.45) is 7.22. The van der Waals surface area contributed by atoms with Crippen molar-refractivity contribution in [2.75, 3.05) is 0 Å². The van der Waals surface area contributed by atoms with Crippen LogP contribution in [0.15, 0.2) is 78.9 Å². The molecule has 0 aliphatic carbocycles. The summed E-state index contributed by atoms with van der Waals surface area (Å²) in [6, 6.07) is 25.9. The van der Waals surface area contributed by atoms with Gasteiger partial charge in [0, 0.05) is 22.1 Å². The largest absolute Gasteiger partial charge is 0.205 e. The Morgan fingerprint density at radius 3 is 1.91 bits per heavy atom. The lowest BCUT2D eigenvalue weighted by molar-refractivity contribution is 0.636. The van der Waals surface area contributed by atoms with Crippen LogP contribution in [0.2, 0.25) is 0 Å². The van der Waals surface area contributed by atoms with Gasteiger partial charge in [-0.25, -0.2) is 4.39 Å². The number of benzene rings is 4. The predicted octanol–water partition coefficient (Wildman–Crippen LogP) is 8.46. The van der Waals surface area contributed by atoms with Crippen LogP contribution in [-0.2, 0) is 12.8 Å². The average molecular weight is 459 g/mol. The molecule has 4 aromatic carbocycles. The predicted molar refractivity (Wildman–Crippen MR) is 146 cm³/mol. The van der Waals surface area contributed by atoms with Crippen LogP contribution in [0.5, 0.6) is 0 Å². The van der Waals surface area contributed by atoms with Crippen LogP contribution in [0.1, 0.15) is 72.9 Å². The van der Waals surface area contributed by atoms with Crippen LogP contribution in [0.3, 0.4) is 0 Å². The minimum atomic E-state index is -0.283. The number of hydrogen-bond donors (Lipinski definition) is 0. The van der Waals surface area contributed by atoms with Crippen molar-refractivity contribution in [3.63, 3.8) is 0 Å². The summed E-state index contributed by atoms with van der Waals surface area (Å²) in [4.78, 5) is 0. The lowest BCUT2D eigenvalue weighted by Gasteiger charge is -2.03. The molecule has 4 rings (SSSR count). The van der Waals surface area contributed by atoms with Gasteiger partial charge in [0.25, 0.3) is 0 Å². The van der Waals surface area contributed by atoms with Crippen molar-refractivity contribution >= 4 is 10.8 Å². The zero-order valence-corrected chi connectivity index (χ0v) is 20.6. The highest BCUT2D eigenvalue weighted by atomic mass is 19.1. The van der Waals surface area contributed by atoms with Crippen molar-refractivity contribution in [2.45, 2.75) is 52.4 Å². The van der Waals surface area contributed by atoms with E-state index in [1.807, 2.05) is 30.3 Å². The lowest BCUT2D eigenvalue weighted by atomic mass is 10.0. The summed E-state index contributed by atoms with van der Waals surface area (Å²) < 4.78 is 15.1. The van der Waals surface area contributed by atoms with Crippen molar-refractivity contribution in [1.29, 1.82) is 0 Å². The van der Waals surface area contributed by atoms with E-state index in [-0.39, 0.29) is 5.82 Å². The number of fused-ring (bicyclic) bond motifs is 1. The van der Waals surface area contributed by atoms with Gasteiger partial charge in [0.15, 0.2) is 0 Å². The van der Waals surface area contributed by atoms with Gasteiger partial charge in [-0.3, -0.25) is 0 Å². The van der Waals surface area contributed by atoms with Gasteiger partial charge in [-0.05, 0) is 78.2 Å². The zero-order valence-electron chi connectivity index (χ0n) is 20.6. The molecule has 0 unspecified atom stereocenters. The summed E-state index contributed by atoms with van der Waals surface area (Å²) in [5.74, 6) is 12.2. The SMILES string of the molecule is CCCCCCc1ccc(C#Cc2ccc3c(F)c(C#Cc4ccc(CC)cc4)ccc3c2)cc1. The monoisotopic (exact) mass is 458 g/mol. The molecule has 0 spiro atoms. The lowest BCUT2D eigenvalue weighted by Crippen LogP contribution is -1.88. The van der Waals surface area contributed by atoms with Crippen LogP contribution in [0.4, 0.5) is 4.39 Å². The van der Waals surface area contributed by atoms with E-state index in [2.05, 4.69) is 73.9 Å². The minimum Gasteiger partial charge on any atom is -0.205 e. The summed E-state index contributed by atoms with van der Waals surface area (Å²) in [5.41, 5.74) is 5.79. The molecule has 35 heavy (non-hydrogen) atoms. The van der Waals surface area contributed by atoms with Gasteiger partial charge in [-0.15, -0.1) is 0 Å². The van der Waals surface area contributed by atoms with Crippen LogP contribution in [0, 0.1) is 29.5 Å². The summed E-state index contributed by atoms with van der Waals surface area (Å²) in [5, 5.41) is 1.39. The Bertz CT molecular complexity index is 1400. The molecular formula is C34H31F. The van der Waals surface area contributed by atoms with Crippen LogP contribution < -0.4 is 0 Å². The molecule has 0 bridgehead atoms. The van der Waals surface area contributed by atoms with Crippen molar-refractivity contribution in [3.8, 4) is 23.7 Å². The van der Waals surface area contributed by atoms with Crippen molar-refractivity contribution in [2.24, 2.45) is 0 Å². The van der Waals surface area contributed by atoms with Gasteiger partial charge in [0.1, 0.15) is 5.82 Å². The molecule has 0 saturated carbocycles. The van der Waals surface area contributed by atoms with Gasteiger partial charge in [-0.2, -0.15) is 0 Å². The third kappa shape index (κ3) is 6.62. The topological polar surface area (TPSA) is 0 Å². The minimum absolute atomic E-state index is 0.283. The molecule has 0 radical (unpaired) electrons. The normalized spacial score (nSPS) is 10.4. The van der Waals surface area contributed by atoms with Crippen molar-refractivity contribution < 1.29 is 4.39 Å². The van der Waals surface area contributed by atoms with Crippen LogP contribution in [-0.4, -0.2) is 0 Å². The molecule has 4 aromatic rings. The zero-order chi connectivity index (χ0) is 24.5. The molecule has 0 heterocycles. The molecule has 0 aliphatic heterocycles. The fourth-order valence-corrected chi connectivity index (χ4v) is 4.08. The quantitative estimate of drug-likeness (QED) is 0.201. The first kappa shape index (κ1) is 24.3. The fourth-order valence-electron chi connectivity index (χ4n) is 4.08. The smallest absolute Gasteiger partial charge is 0.146 e. The Morgan fingerprint density at radius 1 is 0.600 bits per heavy atom. The third-order valence-electron chi connectivity index (χ3n) is 6.28. The molecule has 0 atom stereocenters. The van der Waals surface area contributed by atoms with E-state index in [9.17, 15) is 0 Å². The molecule has 0 aliphatic rings. The average Bonchev–Trinajstić information content (AvgIpc) is 2.90. The molecule has 0 aromatic heterocycles. The highest BCUT2D eigenvalue weighted by molar-refractivity contribution is 5.86. The number of aryl methyl sites for hydroxylation is 2. The van der Waals surface area contributed by atoms with E-state index in [1.54, 1.807) is 12.1 Å². The van der Waals surface area contributed by atoms with Gasteiger partial charge < -0.3 is 0 Å². The second-order valence-corrected chi connectivity index (χ2v) is 8.92. The fraction of sp³-hybridized carbons (Fsp3) is 0.235. The number of rotatable bonds is 6. The van der Waals surface area contributed by atoms with E-state index in [1.165, 1.54) is 36.8 Å². The first-order chi connectivity index (χ1) is 17.2. The van der Waals surface area contributed by atoms with E-state index < -0.39 is 0 Å². The van der Waals surface area contributed by atoms with E-state index in [4.69, 9.17) is 0 Å². The highest BCUT2D eigenvalue weighted by Gasteiger charge is 2.06. The van der Waals surface area contributed by atoms with Gasteiger partial charge in [0.05, 0.1) is 5.56 Å². The van der Waals surface area contributed by atoms with Crippen LogP contribution in [0.25, 0.3) is 10.8 Å². The first-order valence-electron chi connectivity index (χ1n) is 12.6. The summed E-state index contributed by atoms with van der Waals surface area (Å²) >= 11 is 0. The first-order valence-corrected chi connectivity index (χ1v) is 12.6. The molecule has 0 fully saturated rings. The molecular weight excluding hydrogens is 427 g/mol. The van der Waals surface area contributed by atoms with E-state index >= 15 is 4.39 Å². The maximum absolute atomic E-state index is 15.1. The molecule has 0 N–H and O–H groups in total.